The van der Waals surface area contributed by atoms with E-state index in [0.717, 1.165) is 34.1 Å². The first-order valence-electron chi connectivity index (χ1n) is 6.25. The van der Waals surface area contributed by atoms with Crippen molar-refractivity contribution >= 4 is 22.2 Å². The normalized spacial score (nSPS) is 16.4. The Morgan fingerprint density at radius 2 is 2.21 bits per heavy atom. The monoisotopic (exact) mass is 275 g/mol. The maximum atomic E-state index is 5.94. The fourth-order valence-corrected chi connectivity index (χ4v) is 2.94. The van der Waals surface area contributed by atoms with Gasteiger partial charge in [-0.25, -0.2) is 4.98 Å². The first kappa shape index (κ1) is 12.3. The van der Waals surface area contributed by atoms with Crippen LogP contribution in [0.2, 0.25) is 0 Å². The van der Waals surface area contributed by atoms with Crippen molar-refractivity contribution in [3.05, 3.63) is 23.1 Å². The molecule has 0 spiro atoms. The number of rotatable bonds is 1. The van der Waals surface area contributed by atoms with E-state index in [0.29, 0.717) is 5.13 Å². The Balaban J connectivity index is 2.01. The fraction of sp³-hybridized carbons (Fsp3) is 0.357. The second-order valence-electron chi connectivity index (χ2n) is 5.38. The Morgan fingerprint density at radius 3 is 2.89 bits per heavy atom. The van der Waals surface area contributed by atoms with Gasteiger partial charge in [0.25, 0.3) is 0 Å². The van der Waals surface area contributed by atoms with Crippen molar-refractivity contribution in [3.63, 3.8) is 0 Å². The molecule has 0 amide bonds. The number of hydrogen-bond donors (Lipinski definition) is 2. The standard InChI is InChI=1S/C14H17N3OS/c1-8-12(17-13(15)19-8)9-4-5-11-10(6-9)16-7-14(2,3)18-11/h4-6,16H,7H2,1-3H3,(H2,15,17). The SMILES string of the molecule is Cc1sc(N)nc1-c1ccc2c(c1)NCC(C)(C)O2. The molecule has 5 heteroatoms. The van der Waals surface area contributed by atoms with Crippen molar-refractivity contribution in [3.8, 4) is 17.0 Å². The molecule has 1 aromatic carbocycles. The number of ether oxygens (including phenoxy) is 1. The number of nitrogens with two attached hydrogens (primary N) is 1. The Hall–Kier alpha value is -1.75. The van der Waals surface area contributed by atoms with Gasteiger partial charge >= 0.3 is 0 Å². The van der Waals surface area contributed by atoms with E-state index < -0.39 is 0 Å². The average molecular weight is 275 g/mol. The zero-order valence-corrected chi connectivity index (χ0v) is 12.1. The summed E-state index contributed by atoms with van der Waals surface area (Å²) in [6.45, 7) is 6.97. The number of nitrogen functional groups attached to an aromatic ring is 1. The molecule has 100 valence electrons. The molecule has 0 unspecified atom stereocenters. The molecule has 19 heavy (non-hydrogen) atoms. The second kappa shape index (κ2) is 4.13. The third-order valence-corrected chi connectivity index (χ3v) is 3.96. The van der Waals surface area contributed by atoms with E-state index in [4.69, 9.17) is 10.5 Å². The van der Waals surface area contributed by atoms with Crippen LogP contribution in [0.25, 0.3) is 11.3 Å². The van der Waals surface area contributed by atoms with Crippen molar-refractivity contribution < 1.29 is 4.74 Å². The molecule has 1 aliphatic rings. The molecule has 3 N–H and O–H groups in total. The molecule has 0 bridgehead atoms. The topological polar surface area (TPSA) is 60.2 Å². The highest BCUT2D eigenvalue weighted by Gasteiger charge is 2.26. The predicted molar refractivity (Wildman–Crippen MR) is 79.9 cm³/mol. The Labute approximate surface area is 116 Å². The zero-order chi connectivity index (χ0) is 13.6. The molecule has 0 radical (unpaired) electrons. The molecule has 1 aromatic heterocycles. The van der Waals surface area contributed by atoms with Gasteiger partial charge in [0.2, 0.25) is 0 Å². The van der Waals surface area contributed by atoms with E-state index in [-0.39, 0.29) is 5.60 Å². The number of hydrogen-bond acceptors (Lipinski definition) is 5. The molecule has 3 rings (SSSR count). The number of thiazole rings is 1. The third-order valence-electron chi connectivity index (χ3n) is 3.16. The number of benzene rings is 1. The Kier molecular flexibility index (Phi) is 2.67. The number of anilines is 2. The van der Waals surface area contributed by atoms with Gasteiger partial charge in [0, 0.05) is 10.4 Å². The highest BCUT2D eigenvalue weighted by molar-refractivity contribution is 7.15. The number of aromatic nitrogens is 1. The van der Waals surface area contributed by atoms with E-state index >= 15 is 0 Å². The van der Waals surface area contributed by atoms with Crippen molar-refractivity contribution in [1.29, 1.82) is 0 Å². The van der Waals surface area contributed by atoms with Gasteiger partial charge in [-0.3, -0.25) is 0 Å². The van der Waals surface area contributed by atoms with Crippen molar-refractivity contribution in [2.45, 2.75) is 26.4 Å². The van der Waals surface area contributed by atoms with Gasteiger partial charge in [-0.05, 0) is 39.0 Å². The molecule has 0 aliphatic carbocycles. The van der Waals surface area contributed by atoms with Crippen molar-refractivity contribution in [2.75, 3.05) is 17.6 Å². The first-order chi connectivity index (χ1) is 8.94. The number of fused-ring (bicyclic) bond motifs is 1. The van der Waals surface area contributed by atoms with E-state index in [1.165, 1.54) is 11.3 Å². The minimum atomic E-state index is -0.171. The maximum absolute atomic E-state index is 5.94. The molecule has 0 saturated carbocycles. The van der Waals surface area contributed by atoms with Crippen LogP contribution in [0.15, 0.2) is 18.2 Å². The number of nitrogens with zero attached hydrogens (tertiary/aromatic N) is 1. The van der Waals surface area contributed by atoms with Crippen molar-refractivity contribution in [2.24, 2.45) is 0 Å². The summed E-state index contributed by atoms with van der Waals surface area (Å²) >= 11 is 1.52. The smallest absolute Gasteiger partial charge is 0.180 e. The van der Waals surface area contributed by atoms with Crippen LogP contribution in [-0.2, 0) is 0 Å². The predicted octanol–water partition coefficient (Wildman–Crippen LogP) is 3.28. The number of nitrogens with one attached hydrogen (secondary N) is 1. The number of aryl methyl sites for hydroxylation is 1. The van der Waals surface area contributed by atoms with E-state index in [2.05, 4.69) is 30.2 Å². The second-order valence-corrected chi connectivity index (χ2v) is 6.62. The van der Waals surface area contributed by atoms with Crippen molar-refractivity contribution in [1.82, 2.24) is 4.98 Å². The van der Waals surface area contributed by atoms with Gasteiger partial charge in [-0.2, -0.15) is 0 Å². The van der Waals surface area contributed by atoms with Gasteiger partial charge in [-0.15, -0.1) is 11.3 Å². The molecule has 0 saturated heterocycles. The van der Waals surface area contributed by atoms with E-state index in [1.807, 2.05) is 19.1 Å². The quantitative estimate of drug-likeness (QED) is 0.838. The minimum absolute atomic E-state index is 0.171. The van der Waals surface area contributed by atoms with Crippen LogP contribution in [0, 0.1) is 6.92 Å². The highest BCUT2D eigenvalue weighted by Crippen LogP contribution is 2.37. The molecular weight excluding hydrogens is 258 g/mol. The van der Waals surface area contributed by atoms with E-state index in [1.54, 1.807) is 0 Å². The minimum Gasteiger partial charge on any atom is -0.484 e. The molecule has 0 atom stereocenters. The summed E-state index contributed by atoms with van der Waals surface area (Å²) in [5.41, 5.74) is 8.63. The van der Waals surface area contributed by atoms with Gasteiger partial charge in [0.1, 0.15) is 11.4 Å². The summed E-state index contributed by atoms with van der Waals surface area (Å²) in [6, 6.07) is 6.10. The summed E-state index contributed by atoms with van der Waals surface area (Å²) in [4.78, 5) is 5.52. The zero-order valence-electron chi connectivity index (χ0n) is 11.3. The highest BCUT2D eigenvalue weighted by atomic mass is 32.1. The van der Waals surface area contributed by atoms with Crippen LogP contribution in [0.3, 0.4) is 0 Å². The summed E-state index contributed by atoms with van der Waals surface area (Å²) in [7, 11) is 0. The van der Waals surface area contributed by atoms with Gasteiger partial charge in [0.05, 0.1) is 17.9 Å². The van der Waals surface area contributed by atoms with Crippen LogP contribution in [0.4, 0.5) is 10.8 Å². The molecule has 2 heterocycles. The average Bonchev–Trinajstić information content (AvgIpc) is 2.67. The van der Waals surface area contributed by atoms with Gasteiger partial charge in [0.15, 0.2) is 5.13 Å². The first-order valence-corrected chi connectivity index (χ1v) is 7.06. The molecule has 4 nitrogen and oxygen atoms in total. The largest absolute Gasteiger partial charge is 0.484 e. The van der Waals surface area contributed by atoms with Crippen LogP contribution in [0.1, 0.15) is 18.7 Å². The lowest BCUT2D eigenvalue weighted by Gasteiger charge is -2.33. The lowest BCUT2D eigenvalue weighted by molar-refractivity contribution is 0.116. The van der Waals surface area contributed by atoms with Crippen LogP contribution in [0.5, 0.6) is 5.75 Å². The van der Waals surface area contributed by atoms with Gasteiger partial charge < -0.3 is 15.8 Å². The summed E-state index contributed by atoms with van der Waals surface area (Å²) in [5.74, 6) is 0.890. The lowest BCUT2D eigenvalue weighted by atomic mass is 10.0. The molecule has 0 fully saturated rings. The van der Waals surface area contributed by atoms with Gasteiger partial charge in [-0.1, -0.05) is 0 Å². The molecular formula is C14H17N3OS. The molecule has 2 aromatic rings. The van der Waals surface area contributed by atoms with Crippen LogP contribution >= 0.6 is 11.3 Å². The summed E-state index contributed by atoms with van der Waals surface area (Å²) in [6.07, 6.45) is 0. The Bertz CT molecular complexity index is 634. The Morgan fingerprint density at radius 1 is 1.42 bits per heavy atom. The van der Waals surface area contributed by atoms with Crippen LogP contribution < -0.4 is 15.8 Å². The molecule has 1 aliphatic heterocycles. The summed E-state index contributed by atoms with van der Waals surface area (Å²) in [5, 5.41) is 4.02. The lowest BCUT2D eigenvalue weighted by Crippen LogP contribution is -2.39. The van der Waals surface area contributed by atoms with E-state index in [9.17, 15) is 0 Å². The fourth-order valence-electron chi connectivity index (χ4n) is 2.23. The van der Waals surface area contributed by atoms with Crippen LogP contribution in [-0.4, -0.2) is 17.1 Å². The third kappa shape index (κ3) is 2.26. The summed E-state index contributed by atoms with van der Waals surface area (Å²) < 4.78 is 5.94. The maximum Gasteiger partial charge on any atom is 0.180 e.